The van der Waals surface area contributed by atoms with Gasteiger partial charge in [0.15, 0.2) is 0 Å². The van der Waals surface area contributed by atoms with Crippen molar-refractivity contribution in [1.29, 1.82) is 0 Å². The van der Waals surface area contributed by atoms with Crippen molar-refractivity contribution in [1.82, 2.24) is 0 Å². The first-order chi connectivity index (χ1) is 6.16. The summed E-state index contributed by atoms with van der Waals surface area (Å²) in [5.74, 6) is -0.369. The van der Waals surface area contributed by atoms with Crippen LogP contribution >= 0.6 is 0 Å². The van der Waals surface area contributed by atoms with Crippen molar-refractivity contribution in [2.45, 2.75) is 46.0 Å². The Morgan fingerprint density at radius 2 is 2.00 bits per heavy atom. The van der Waals surface area contributed by atoms with Crippen LogP contribution in [0.15, 0.2) is 12.2 Å². The molecule has 0 aromatic carbocycles. The molecule has 1 aliphatic rings. The molecule has 2 nitrogen and oxygen atoms in total. The third kappa shape index (κ3) is 9.12. The number of aliphatic carboxylic acids is 1. The van der Waals surface area contributed by atoms with Crippen LogP contribution in [0.5, 0.6) is 0 Å². The van der Waals surface area contributed by atoms with E-state index in [2.05, 4.69) is 12.2 Å². The smallest absolute Gasteiger partial charge is 0.303 e. The molecule has 1 unspecified atom stereocenters. The second-order valence-corrected chi connectivity index (χ2v) is 3.51. The predicted molar refractivity (Wildman–Crippen MR) is 54.7 cm³/mol. The first kappa shape index (κ1) is 12.2. The molecule has 0 amide bonds. The van der Waals surface area contributed by atoms with Gasteiger partial charge in [-0.15, -0.1) is 0 Å². The van der Waals surface area contributed by atoms with Crippen molar-refractivity contribution < 1.29 is 9.90 Å². The fraction of sp³-hybridized carbons (Fsp3) is 0.727. The Morgan fingerprint density at radius 3 is 2.15 bits per heavy atom. The van der Waals surface area contributed by atoms with Gasteiger partial charge in [0.25, 0.3) is 0 Å². The van der Waals surface area contributed by atoms with Crippen LogP contribution in [-0.2, 0) is 4.79 Å². The Bertz CT molecular complexity index is 155. The number of rotatable bonds is 3. The minimum absolute atomic E-state index is 0.302. The molecule has 0 saturated carbocycles. The first-order valence-corrected chi connectivity index (χ1v) is 5.03. The molecule has 13 heavy (non-hydrogen) atoms. The van der Waals surface area contributed by atoms with E-state index in [4.69, 9.17) is 5.11 Å². The second-order valence-electron chi connectivity index (χ2n) is 3.51. The van der Waals surface area contributed by atoms with Gasteiger partial charge in [-0.25, -0.2) is 0 Å². The highest BCUT2D eigenvalue weighted by Gasteiger charge is 2.02. The third-order valence-corrected chi connectivity index (χ3v) is 2.13. The lowest BCUT2D eigenvalue weighted by Gasteiger charge is -2.00. The molecule has 0 aromatic rings. The summed E-state index contributed by atoms with van der Waals surface area (Å²) < 4.78 is 0. The molecule has 0 saturated heterocycles. The van der Waals surface area contributed by atoms with Gasteiger partial charge in [-0.2, -0.15) is 0 Å². The van der Waals surface area contributed by atoms with E-state index in [-0.39, 0.29) is 0 Å². The van der Waals surface area contributed by atoms with Crippen LogP contribution in [0.4, 0.5) is 0 Å². The minimum Gasteiger partial charge on any atom is -0.481 e. The third-order valence-electron chi connectivity index (χ3n) is 2.13. The van der Waals surface area contributed by atoms with Crippen LogP contribution in [0.2, 0.25) is 0 Å². The van der Waals surface area contributed by atoms with E-state index in [1.165, 1.54) is 19.3 Å². The molecule has 0 aromatic heterocycles. The van der Waals surface area contributed by atoms with E-state index in [9.17, 15) is 4.79 Å². The molecule has 0 fully saturated rings. The zero-order valence-electron chi connectivity index (χ0n) is 8.62. The van der Waals surface area contributed by atoms with Gasteiger partial charge in [0.2, 0.25) is 0 Å². The summed E-state index contributed by atoms with van der Waals surface area (Å²) in [5.41, 5.74) is 0. The molecule has 1 N–H and O–H groups in total. The van der Waals surface area contributed by atoms with Crippen LogP contribution in [0, 0.1) is 5.92 Å². The summed E-state index contributed by atoms with van der Waals surface area (Å²) in [6.45, 7) is 3.93. The number of carboxylic acid groups (broad SMARTS) is 1. The van der Waals surface area contributed by atoms with Crippen molar-refractivity contribution in [3.05, 3.63) is 12.2 Å². The normalized spacial score (nSPS) is 16.2. The minimum atomic E-state index is -0.695. The Hall–Kier alpha value is -0.790. The van der Waals surface area contributed by atoms with Crippen molar-refractivity contribution in [2.75, 3.05) is 0 Å². The molecule has 0 aliphatic heterocycles. The van der Waals surface area contributed by atoms with E-state index < -0.39 is 5.97 Å². The van der Waals surface area contributed by atoms with Crippen LogP contribution in [0.25, 0.3) is 0 Å². The van der Waals surface area contributed by atoms with Crippen LogP contribution in [0.1, 0.15) is 46.0 Å². The highest BCUT2D eigenvalue weighted by atomic mass is 16.4. The van der Waals surface area contributed by atoms with E-state index in [1.807, 2.05) is 13.8 Å². The highest BCUT2D eigenvalue weighted by molar-refractivity contribution is 5.66. The predicted octanol–water partition coefficient (Wildman–Crippen LogP) is 3.23. The van der Waals surface area contributed by atoms with Gasteiger partial charge in [-0.1, -0.05) is 32.4 Å². The topological polar surface area (TPSA) is 37.3 Å². The number of carbonyl (C=O) groups is 1. The van der Waals surface area contributed by atoms with Gasteiger partial charge in [0.05, 0.1) is 0 Å². The maximum atomic E-state index is 9.97. The molecule has 1 rings (SSSR count). The quantitative estimate of drug-likeness (QED) is 0.684. The lowest BCUT2D eigenvalue weighted by molar-refractivity contribution is -0.137. The molecule has 1 atom stereocenters. The fourth-order valence-electron chi connectivity index (χ4n) is 1.03. The molecule has 1 aliphatic carbocycles. The lowest BCUT2D eigenvalue weighted by atomic mass is 10.1. The van der Waals surface area contributed by atoms with Crippen molar-refractivity contribution in [3.8, 4) is 0 Å². The Balaban J connectivity index is 0.000000243. The highest BCUT2D eigenvalue weighted by Crippen LogP contribution is 2.05. The maximum Gasteiger partial charge on any atom is 0.303 e. The van der Waals surface area contributed by atoms with E-state index >= 15 is 0 Å². The van der Waals surface area contributed by atoms with Crippen molar-refractivity contribution in [3.63, 3.8) is 0 Å². The Morgan fingerprint density at radius 1 is 1.46 bits per heavy atom. The first-order valence-electron chi connectivity index (χ1n) is 5.03. The zero-order chi connectivity index (χ0) is 10.1. The van der Waals surface area contributed by atoms with Gasteiger partial charge in [0.1, 0.15) is 0 Å². The molecule has 0 spiro atoms. The summed E-state index contributed by atoms with van der Waals surface area (Å²) in [6, 6.07) is 0. The van der Waals surface area contributed by atoms with Crippen LogP contribution in [-0.4, -0.2) is 11.1 Å². The average molecular weight is 184 g/mol. The van der Waals surface area contributed by atoms with E-state index in [0.29, 0.717) is 12.3 Å². The van der Waals surface area contributed by atoms with Crippen molar-refractivity contribution in [2.24, 2.45) is 5.92 Å². The SMILES string of the molecule is C1=CCCC1.CCC(C)CC(=O)O. The van der Waals surface area contributed by atoms with Gasteiger partial charge in [0, 0.05) is 6.42 Å². The summed E-state index contributed by atoms with van der Waals surface area (Å²) in [5, 5.41) is 8.22. The summed E-state index contributed by atoms with van der Waals surface area (Å²) in [7, 11) is 0. The number of hydrogen-bond acceptors (Lipinski definition) is 1. The van der Waals surface area contributed by atoms with Gasteiger partial charge < -0.3 is 5.11 Å². The van der Waals surface area contributed by atoms with Gasteiger partial charge >= 0.3 is 5.97 Å². The molecule has 2 heteroatoms. The van der Waals surface area contributed by atoms with Crippen LogP contribution in [0.3, 0.4) is 0 Å². The van der Waals surface area contributed by atoms with Crippen molar-refractivity contribution >= 4 is 5.97 Å². The van der Waals surface area contributed by atoms with Gasteiger partial charge in [-0.05, 0) is 25.2 Å². The summed E-state index contributed by atoms with van der Waals surface area (Å²) in [4.78, 5) is 9.97. The average Bonchev–Trinajstić information content (AvgIpc) is 2.59. The van der Waals surface area contributed by atoms with Gasteiger partial charge in [-0.3, -0.25) is 4.79 Å². The fourth-order valence-corrected chi connectivity index (χ4v) is 1.03. The molecule has 0 radical (unpaired) electrons. The summed E-state index contributed by atoms with van der Waals surface area (Å²) >= 11 is 0. The second kappa shape index (κ2) is 7.84. The number of allylic oxidation sites excluding steroid dienone is 2. The lowest BCUT2D eigenvalue weighted by Crippen LogP contribution is -2.02. The molecule has 0 bridgehead atoms. The number of hydrogen-bond donors (Lipinski definition) is 1. The molecular weight excluding hydrogens is 164 g/mol. The number of carboxylic acids is 1. The largest absolute Gasteiger partial charge is 0.481 e. The van der Waals surface area contributed by atoms with E-state index in [0.717, 1.165) is 6.42 Å². The monoisotopic (exact) mass is 184 g/mol. The molecular formula is C11H20O2. The van der Waals surface area contributed by atoms with E-state index in [1.54, 1.807) is 0 Å². The Labute approximate surface area is 80.7 Å². The standard InChI is InChI=1S/C6H12O2.C5H8/c1-3-5(2)4-6(7)8;1-2-4-5-3-1/h5H,3-4H2,1-2H3,(H,7,8);1-2H,3-5H2. The molecule has 76 valence electrons. The zero-order valence-corrected chi connectivity index (χ0v) is 8.62. The summed E-state index contributed by atoms with van der Waals surface area (Å²) in [6.07, 6.45) is 9.75. The van der Waals surface area contributed by atoms with Crippen LogP contribution < -0.4 is 0 Å². The Kier molecular flexibility index (Phi) is 7.36. The maximum absolute atomic E-state index is 9.97. The molecule has 0 heterocycles.